The molecule has 0 aliphatic rings. The highest BCUT2D eigenvalue weighted by molar-refractivity contribution is 6.31. The molecule has 0 spiro atoms. The molecule has 0 aromatic heterocycles. The smallest absolute Gasteiger partial charge is 0.425 e. The van der Waals surface area contributed by atoms with E-state index in [0.717, 1.165) is 6.92 Å². The van der Waals surface area contributed by atoms with Gasteiger partial charge in [0.15, 0.2) is 11.9 Å². The molecule has 0 amide bonds. The van der Waals surface area contributed by atoms with E-state index in [1.165, 1.54) is 18.2 Å². The molecule has 1 rings (SSSR count). The highest BCUT2D eigenvalue weighted by Crippen LogP contribution is 2.28. The van der Waals surface area contributed by atoms with Crippen LogP contribution in [0.4, 0.5) is 13.2 Å². The molecule has 0 saturated carbocycles. The number of hydrogen-bond acceptors (Lipinski definition) is 3. The van der Waals surface area contributed by atoms with Crippen molar-refractivity contribution in [3.05, 3.63) is 28.8 Å². The van der Waals surface area contributed by atoms with E-state index in [0.29, 0.717) is 0 Å². The van der Waals surface area contributed by atoms with E-state index >= 15 is 0 Å². The van der Waals surface area contributed by atoms with Crippen molar-refractivity contribution < 1.29 is 23.1 Å². The van der Waals surface area contributed by atoms with Crippen molar-refractivity contribution in [2.24, 2.45) is 10.9 Å². The quantitative estimate of drug-likeness (QED) is 0.388. The van der Waals surface area contributed by atoms with E-state index < -0.39 is 12.3 Å². The molecule has 0 radical (unpaired) electrons. The minimum absolute atomic E-state index is 0.0129. The lowest BCUT2D eigenvalue weighted by atomic mass is 10.2. The lowest BCUT2D eigenvalue weighted by molar-refractivity contribution is -0.189. The molecule has 100 valence electrons. The number of ether oxygens (including phenoxy) is 1. The summed E-state index contributed by atoms with van der Waals surface area (Å²) in [6.07, 6.45) is -6.54. The van der Waals surface area contributed by atoms with Crippen molar-refractivity contribution in [3.63, 3.8) is 0 Å². The Morgan fingerprint density at radius 1 is 1.50 bits per heavy atom. The van der Waals surface area contributed by atoms with Gasteiger partial charge in [0, 0.05) is 5.02 Å². The van der Waals surface area contributed by atoms with Gasteiger partial charge in [-0.1, -0.05) is 16.8 Å². The van der Waals surface area contributed by atoms with Crippen LogP contribution < -0.4 is 10.5 Å². The Kier molecular flexibility index (Phi) is 4.28. The number of nitrogens with two attached hydrogens (primary N) is 1. The highest BCUT2D eigenvalue weighted by atomic mass is 35.5. The largest absolute Gasteiger partial charge is 0.480 e. The monoisotopic (exact) mass is 282 g/mol. The van der Waals surface area contributed by atoms with Crippen LogP contribution in [0.2, 0.25) is 5.02 Å². The summed E-state index contributed by atoms with van der Waals surface area (Å²) in [6.45, 7) is 0.852. The Hall–Kier alpha value is -1.63. The number of benzene rings is 1. The predicted molar refractivity (Wildman–Crippen MR) is 60.1 cm³/mol. The summed E-state index contributed by atoms with van der Waals surface area (Å²) in [7, 11) is 0. The number of oxime groups is 1. The Morgan fingerprint density at radius 2 is 2.11 bits per heavy atom. The minimum atomic E-state index is -4.51. The lowest BCUT2D eigenvalue weighted by Gasteiger charge is -2.19. The second-order valence-corrected chi connectivity index (χ2v) is 3.86. The Bertz CT molecular complexity index is 463. The fourth-order valence-corrected chi connectivity index (χ4v) is 1.29. The number of alkyl halides is 3. The molecule has 8 heteroatoms. The van der Waals surface area contributed by atoms with Crippen molar-refractivity contribution in [1.82, 2.24) is 0 Å². The SMILES string of the molecule is CC(Oc1ccc(Cl)cc1C(N)=NO)C(F)(F)F. The molecule has 0 heterocycles. The van der Waals surface area contributed by atoms with E-state index in [1.807, 2.05) is 0 Å². The molecule has 3 N–H and O–H groups in total. The normalized spacial score (nSPS) is 14.4. The summed E-state index contributed by atoms with van der Waals surface area (Å²) in [5, 5.41) is 11.5. The van der Waals surface area contributed by atoms with E-state index in [9.17, 15) is 13.2 Å². The Balaban J connectivity index is 3.10. The van der Waals surface area contributed by atoms with Gasteiger partial charge in [0.2, 0.25) is 0 Å². The molecule has 1 aromatic carbocycles. The fourth-order valence-electron chi connectivity index (χ4n) is 1.12. The zero-order valence-electron chi connectivity index (χ0n) is 9.20. The average molecular weight is 283 g/mol. The van der Waals surface area contributed by atoms with Gasteiger partial charge in [0.25, 0.3) is 0 Å². The Morgan fingerprint density at radius 3 is 2.61 bits per heavy atom. The molecule has 18 heavy (non-hydrogen) atoms. The van der Waals surface area contributed by atoms with Crippen LogP contribution in [0.5, 0.6) is 5.75 Å². The summed E-state index contributed by atoms with van der Waals surface area (Å²) in [5.41, 5.74) is 5.32. The molecule has 1 atom stereocenters. The second kappa shape index (κ2) is 5.34. The van der Waals surface area contributed by atoms with Crippen molar-refractivity contribution >= 4 is 17.4 Å². The van der Waals surface area contributed by atoms with E-state index in [2.05, 4.69) is 5.16 Å². The van der Waals surface area contributed by atoms with Crippen LogP contribution in [0.25, 0.3) is 0 Å². The summed E-state index contributed by atoms with van der Waals surface area (Å²) in [5.74, 6) is -0.554. The van der Waals surface area contributed by atoms with Gasteiger partial charge < -0.3 is 15.7 Å². The van der Waals surface area contributed by atoms with Gasteiger partial charge in [-0.25, -0.2) is 0 Å². The summed E-state index contributed by atoms with van der Waals surface area (Å²) in [6, 6.07) is 3.81. The first-order chi connectivity index (χ1) is 8.25. The van der Waals surface area contributed by atoms with Crippen molar-refractivity contribution in [1.29, 1.82) is 0 Å². The third-order valence-corrected chi connectivity index (χ3v) is 2.33. The second-order valence-electron chi connectivity index (χ2n) is 3.43. The maximum atomic E-state index is 12.4. The molecule has 0 aliphatic carbocycles. The topological polar surface area (TPSA) is 67.8 Å². The predicted octanol–water partition coefficient (Wildman–Crippen LogP) is 2.76. The molecular formula is C10H10ClF3N2O2. The van der Waals surface area contributed by atoms with Crippen molar-refractivity contribution in [2.75, 3.05) is 0 Å². The van der Waals surface area contributed by atoms with Gasteiger partial charge in [-0.3, -0.25) is 0 Å². The number of halogens is 4. The zero-order valence-corrected chi connectivity index (χ0v) is 9.96. The van der Waals surface area contributed by atoms with E-state index in [4.69, 9.17) is 27.3 Å². The van der Waals surface area contributed by atoms with Gasteiger partial charge in [-0.05, 0) is 25.1 Å². The van der Waals surface area contributed by atoms with Crippen LogP contribution in [-0.4, -0.2) is 23.3 Å². The van der Waals surface area contributed by atoms with E-state index in [-0.39, 0.29) is 22.2 Å². The first-order valence-corrected chi connectivity index (χ1v) is 5.14. The molecule has 0 fully saturated rings. The van der Waals surface area contributed by atoms with Gasteiger partial charge in [-0.2, -0.15) is 13.2 Å². The number of amidine groups is 1. The van der Waals surface area contributed by atoms with Gasteiger partial charge >= 0.3 is 6.18 Å². The number of rotatable bonds is 3. The number of hydrogen-bond donors (Lipinski definition) is 2. The highest BCUT2D eigenvalue weighted by Gasteiger charge is 2.38. The van der Waals surface area contributed by atoms with Crippen LogP contribution in [0, 0.1) is 0 Å². The first-order valence-electron chi connectivity index (χ1n) is 4.76. The lowest BCUT2D eigenvalue weighted by Crippen LogP contribution is -2.32. The van der Waals surface area contributed by atoms with Crippen LogP contribution in [-0.2, 0) is 0 Å². The zero-order chi connectivity index (χ0) is 13.9. The minimum Gasteiger partial charge on any atom is -0.480 e. The Labute approximate surface area is 106 Å². The molecule has 1 aromatic rings. The van der Waals surface area contributed by atoms with Crippen LogP contribution in [0.15, 0.2) is 23.4 Å². The van der Waals surface area contributed by atoms with Gasteiger partial charge in [-0.15, -0.1) is 0 Å². The van der Waals surface area contributed by atoms with E-state index in [1.54, 1.807) is 0 Å². The summed E-state index contributed by atoms with van der Waals surface area (Å²) >= 11 is 5.67. The molecule has 0 bridgehead atoms. The molecule has 4 nitrogen and oxygen atoms in total. The van der Waals surface area contributed by atoms with Crippen LogP contribution >= 0.6 is 11.6 Å². The first kappa shape index (κ1) is 14.4. The molecular weight excluding hydrogens is 273 g/mol. The van der Waals surface area contributed by atoms with Crippen molar-refractivity contribution in [3.8, 4) is 5.75 Å². The maximum Gasteiger partial charge on any atom is 0.425 e. The van der Waals surface area contributed by atoms with Crippen molar-refractivity contribution in [2.45, 2.75) is 19.2 Å². The standard InChI is InChI=1S/C10H10ClF3N2O2/c1-5(10(12,13)14)18-8-3-2-6(11)4-7(8)9(15)16-17/h2-5,17H,1H3,(H2,15,16). The number of nitrogens with zero attached hydrogens (tertiary/aromatic N) is 1. The summed E-state index contributed by atoms with van der Waals surface area (Å²) < 4.78 is 41.8. The summed E-state index contributed by atoms with van der Waals surface area (Å²) in [4.78, 5) is 0. The third-order valence-electron chi connectivity index (χ3n) is 2.09. The third kappa shape index (κ3) is 3.43. The fraction of sp³-hybridized carbons (Fsp3) is 0.300. The van der Waals surface area contributed by atoms with Crippen LogP contribution in [0.1, 0.15) is 12.5 Å². The van der Waals surface area contributed by atoms with Gasteiger partial charge in [0.1, 0.15) is 5.75 Å². The molecule has 0 aliphatic heterocycles. The van der Waals surface area contributed by atoms with Gasteiger partial charge in [0.05, 0.1) is 5.56 Å². The molecule has 1 unspecified atom stereocenters. The van der Waals surface area contributed by atoms with Crippen LogP contribution in [0.3, 0.4) is 0 Å². The maximum absolute atomic E-state index is 12.4. The molecule has 0 saturated heterocycles. The average Bonchev–Trinajstić information content (AvgIpc) is 2.29.